The summed E-state index contributed by atoms with van der Waals surface area (Å²) >= 11 is 12.9. The molecule has 0 saturated heterocycles. The van der Waals surface area contributed by atoms with Crippen LogP contribution in [0, 0.1) is 3.57 Å². The highest BCUT2D eigenvalue weighted by atomic mass is 127. The molecule has 1 amide bonds. The molecule has 0 radical (unpaired) electrons. The fraction of sp³-hybridized carbons (Fsp3) is 0. The summed E-state index contributed by atoms with van der Waals surface area (Å²) in [6.07, 6.45) is 0. The molecular weight excluding hydrogens is 451 g/mol. The number of carboxylic acids is 1. The molecule has 0 atom stereocenters. The first-order valence-corrected chi connectivity index (χ1v) is 8.14. The first-order valence-electron chi connectivity index (χ1n) is 6.28. The van der Waals surface area contributed by atoms with Gasteiger partial charge in [0, 0.05) is 9.26 Å². The fourth-order valence-corrected chi connectivity index (χ4v) is 2.79. The summed E-state index contributed by atoms with van der Waals surface area (Å²) in [5, 5.41) is 14.5. The molecule has 23 heavy (non-hydrogen) atoms. The van der Waals surface area contributed by atoms with Crippen LogP contribution in [0.25, 0.3) is 0 Å². The minimum absolute atomic E-state index is 0.0524. The number of thiocarbonyl (C=S) groups is 1. The van der Waals surface area contributed by atoms with Crippen molar-refractivity contribution < 1.29 is 14.7 Å². The molecule has 0 aliphatic rings. The zero-order chi connectivity index (χ0) is 17.0. The number of carbonyl (C=O) groups is 2. The lowest BCUT2D eigenvalue weighted by Crippen LogP contribution is -2.34. The van der Waals surface area contributed by atoms with Gasteiger partial charge in [-0.25, -0.2) is 4.79 Å². The van der Waals surface area contributed by atoms with Gasteiger partial charge in [0.25, 0.3) is 5.91 Å². The molecule has 2 aromatic rings. The van der Waals surface area contributed by atoms with Crippen molar-refractivity contribution in [2.75, 3.05) is 5.32 Å². The predicted molar refractivity (Wildman–Crippen MR) is 101 cm³/mol. The molecule has 2 rings (SSSR count). The summed E-state index contributed by atoms with van der Waals surface area (Å²) in [4.78, 5) is 23.2. The van der Waals surface area contributed by atoms with Crippen LogP contribution in [0.1, 0.15) is 20.7 Å². The van der Waals surface area contributed by atoms with Crippen LogP contribution < -0.4 is 10.6 Å². The molecule has 0 aliphatic carbocycles. The SMILES string of the molecule is O=C(O)c1cc(NC(=S)NC(=O)c2ccccc2I)ccc1Cl. The van der Waals surface area contributed by atoms with Gasteiger partial charge in [0.05, 0.1) is 16.1 Å². The van der Waals surface area contributed by atoms with Crippen molar-refractivity contribution in [1.29, 1.82) is 0 Å². The average molecular weight is 461 g/mol. The first-order chi connectivity index (χ1) is 10.9. The number of halogens is 2. The molecule has 2 aromatic carbocycles. The van der Waals surface area contributed by atoms with Gasteiger partial charge in [-0.2, -0.15) is 0 Å². The summed E-state index contributed by atoms with van der Waals surface area (Å²) in [5.41, 5.74) is 0.864. The van der Waals surface area contributed by atoms with Crippen molar-refractivity contribution in [3.05, 3.63) is 62.2 Å². The second kappa shape index (κ2) is 7.71. The Bertz CT molecular complexity index is 798. The quantitative estimate of drug-likeness (QED) is 0.480. The number of benzene rings is 2. The number of hydrogen-bond acceptors (Lipinski definition) is 3. The van der Waals surface area contributed by atoms with Gasteiger partial charge < -0.3 is 10.4 Å². The van der Waals surface area contributed by atoms with E-state index in [1.807, 2.05) is 12.1 Å². The van der Waals surface area contributed by atoms with Crippen molar-refractivity contribution in [1.82, 2.24) is 5.32 Å². The number of amides is 1. The molecule has 0 spiro atoms. The van der Waals surface area contributed by atoms with E-state index in [-0.39, 0.29) is 21.6 Å². The van der Waals surface area contributed by atoms with Gasteiger partial charge in [0.1, 0.15) is 0 Å². The third kappa shape index (κ3) is 4.63. The molecule has 0 unspecified atom stereocenters. The fourth-order valence-electron chi connectivity index (χ4n) is 1.75. The van der Waals surface area contributed by atoms with E-state index in [0.717, 1.165) is 3.57 Å². The van der Waals surface area contributed by atoms with E-state index in [0.29, 0.717) is 11.3 Å². The van der Waals surface area contributed by atoms with Crippen molar-refractivity contribution in [2.45, 2.75) is 0 Å². The molecule has 118 valence electrons. The zero-order valence-corrected chi connectivity index (χ0v) is 15.2. The Labute approximate surface area is 156 Å². The zero-order valence-electron chi connectivity index (χ0n) is 11.5. The maximum Gasteiger partial charge on any atom is 0.337 e. The van der Waals surface area contributed by atoms with Crippen LogP contribution in [-0.2, 0) is 0 Å². The Hall–Kier alpha value is -1.71. The van der Waals surface area contributed by atoms with Crippen molar-refractivity contribution in [2.24, 2.45) is 0 Å². The van der Waals surface area contributed by atoms with Crippen LogP contribution in [0.2, 0.25) is 5.02 Å². The second-order valence-electron chi connectivity index (χ2n) is 4.39. The molecule has 0 heterocycles. The Morgan fingerprint density at radius 2 is 1.83 bits per heavy atom. The molecule has 8 heteroatoms. The summed E-state index contributed by atoms with van der Waals surface area (Å²) in [7, 11) is 0. The average Bonchev–Trinajstić information content (AvgIpc) is 2.49. The number of aromatic carboxylic acids is 1. The van der Waals surface area contributed by atoms with Gasteiger partial charge in [-0.1, -0.05) is 23.7 Å². The van der Waals surface area contributed by atoms with Gasteiger partial charge in [0.2, 0.25) is 0 Å². The lowest BCUT2D eigenvalue weighted by atomic mass is 10.2. The number of nitrogens with one attached hydrogen (secondary N) is 2. The van der Waals surface area contributed by atoms with Crippen molar-refractivity contribution >= 4 is 69.1 Å². The molecule has 3 N–H and O–H groups in total. The normalized spacial score (nSPS) is 10.0. The lowest BCUT2D eigenvalue weighted by Gasteiger charge is -2.11. The van der Waals surface area contributed by atoms with Gasteiger partial charge >= 0.3 is 5.97 Å². The number of hydrogen-bond donors (Lipinski definition) is 3. The number of rotatable bonds is 3. The van der Waals surface area contributed by atoms with E-state index in [9.17, 15) is 9.59 Å². The summed E-state index contributed by atoms with van der Waals surface area (Å²) in [5.74, 6) is -1.49. The van der Waals surface area contributed by atoms with Gasteiger partial charge in [-0.3, -0.25) is 10.1 Å². The maximum atomic E-state index is 12.1. The standard InChI is InChI=1S/C15H10ClIN2O3S/c16-11-6-5-8(7-10(11)14(21)22)18-15(23)19-13(20)9-3-1-2-4-12(9)17/h1-7H,(H,21,22)(H2,18,19,20,23). The van der Waals surface area contributed by atoms with Crippen molar-refractivity contribution in [3.8, 4) is 0 Å². The number of anilines is 1. The van der Waals surface area contributed by atoms with E-state index in [4.69, 9.17) is 28.9 Å². The molecule has 5 nitrogen and oxygen atoms in total. The summed E-state index contributed by atoms with van der Waals surface area (Å²) in [6.45, 7) is 0. The van der Waals surface area contributed by atoms with Crippen LogP contribution in [0.5, 0.6) is 0 Å². The topological polar surface area (TPSA) is 78.4 Å². The van der Waals surface area contributed by atoms with Crippen LogP contribution in [0.4, 0.5) is 5.69 Å². The molecule has 0 saturated carbocycles. The van der Waals surface area contributed by atoms with E-state index < -0.39 is 5.97 Å². The highest BCUT2D eigenvalue weighted by Gasteiger charge is 2.13. The van der Waals surface area contributed by atoms with Crippen LogP contribution >= 0.6 is 46.4 Å². The third-order valence-electron chi connectivity index (χ3n) is 2.80. The smallest absolute Gasteiger partial charge is 0.337 e. The summed E-state index contributed by atoms with van der Waals surface area (Å²) in [6, 6.07) is 11.4. The summed E-state index contributed by atoms with van der Waals surface area (Å²) < 4.78 is 0.796. The van der Waals surface area contributed by atoms with Crippen LogP contribution in [-0.4, -0.2) is 22.1 Å². The number of carboxylic acid groups (broad SMARTS) is 1. The third-order valence-corrected chi connectivity index (χ3v) is 4.27. The van der Waals surface area contributed by atoms with E-state index in [2.05, 4.69) is 33.2 Å². The Balaban J connectivity index is 2.08. The minimum Gasteiger partial charge on any atom is -0.478 e. The van der Waals surface area contributed by atoms with Gasteiger partial charge in [-0.15, -0.1) is 0 Å². The highest BCUT2D eigenvalue weighted by molar-refractivity contribution is 14.1. The Morgan fingerprint density at radius 1 is 1.13 bits per heavy atom. The van der Waals surface area contributed by atoms with E-state index >= 15 is 0 Å². The highest BCUT2D eigenvalue weighted by Crippen LogP contribution is 2.20. The van der Waals surface area contributed by atoms with Crippen LogP contribution in [0.3, 0.4) is 0 Å². The second-order valence-corrected chi connectivity index (χ2v) is 6.37. The van der Waals surface area contributed by atoms with E-state index in [1.165, 1.54) is 12.1 Å². The molecule has 0 fully saturated rings. The largest absolute Gasteiger partial charge is 0.478 e. The van der Waals surface area contributed by atoms with Gasteiger partial charge in [-0.05, 0) is 65.1 Å². The predicted octanol–water partition coefficient (Wildman–Crippen LogP) is 3.77. The monoisotopic (exact) mass is 460 g/mol. The Kier molecular flexibility index (Phi) is 5.91. The molecule has 0 bridgehead atoms. The first kappa shape index (κ1) is 17.6. The van der Waals surface area contributed by atoms with E-state index in [1.54, 1.807) is 18.2 Å². The van der Waals surface area contributed by atoms with Crippen molar-refractivity contribution in [3.63, 3.8) is 0 Å². The molecular formula is C15H10ClIN2O3S. The molecule has 0 aromatic heterocycles. The van der Waals surface area contributed by atoms with Crippen LogP contribution in [0.15, 0.2) is 42.5 Å². The minimum atomic E-state index is -1.15. The Morgan fingerprint density at radius 3 is 2.48 bits per heavy atom. The molecule has 0 aliphatic heterocycles. The van der Waals surface area contributed by atoms with Gasteiger partial charge in [0.15, 0.2) is 5.11 Å². The number of carbonyl (C=O) groups excluding carboxylic acids is 1. The lowest BCUT2D eigenvalue weighted by molar-refractivity contribution is 0.0697. The maximum absolute atomic E-state index is 12.1.